The summed E-state index contributed by atoms with van der Waals surface area (Å²) in [5.74, 6) is -6.31. The minimum atomic E-state index is -2.41. The zero-order chi connectivity index (χ0) is 21.6. The first-order chi connectivity index (χ1) is 14.1. The first-order valence-corrected chi connectivity index (χ1v) is 9.49. The lowest BCUT2D eigenvalue weighted by atomic mass is 9.64. The van der Waals surface area contributed by atoms with Gasteiger partial charge in [0.05, 0.1) is 24.2 Å². The number of hydrogen-bond acceptors (Lipinski definition) is 9. The molecule has 0 radical (unpaired) electrons. The number of hydrogen-bond donors (Lipinski definition) is 3. The lowest BCUT2D eigenvalue weighted by Gasteiger charge is -2.51. The highest BCUT2D eigenvalue weighted by atomic mass is 16.8. The molecule has 1 aromatic carbocycles. The van der Waals surface area contributed by atoms with Gasteiger partial charge in [-0.15, -0.1) is 0 Å². The molecule has 0 amide bonds. The molecule has 3 heterocycles. The molecule has 1 aromatic rings. The fourth-order valence-corrected chi connectivity index (χ4v) is 5.20. The van der Waals surface area contributed by atoms with Gasteiger partial charge in [-0.1, -0.05) is 12.1 Å². The molecule has 0 bridgehead atoms. The number of carboxylic acids is 1. The van der Waals surface area contributed by atoms with E-state index in [2.05, 4.69) is 0 Å². The highest BCUT2D eigenvalue weighted by Gasteiger charge is 2.93. The van der Waals surface area contributed by atoms with Gasteiger partial charge < -0.3 is 29.5 Å². The average molecular weight is 418 g/mol. The lowest BCUT2D eigenvalue weighted by Crippen LogP contribution is -2.74. The largest absolute Gasteiger partial charge is 0.507 e. The van der Waals surface area contributed by atoms with Crippen molar-refractivity contribution in [2.75, 3.05) is 0 Å². The highest BCUT2D eigenvalue weighted by molar-refractivity contribution is 6.27. The van der Waals surface area contributed by atoms with E-state index in [-0.39, 0.29) is 24.0 Å². The van der Waals surface area contributed by atoms with Crippen molar-refractivity contribution in [3.63, 3.8) is 0 Å². The van der Waals surface area contributed by atoms with E-state index in [0.29, 0.717) is 0 Å². The van der Waals surface area contributed by atoms with Crippen molar-refractivity contribution in [2.24, 2.45) is 0 Å². The Labute approximate surface area is 169 Å². The Morgan fingerprint density at radius 3 is 2.63 bits per heavy atom. The molecule has 5 rings (SSSR count). The number of rotatable bonds is 2. The Hall–Kier alpha value is -2.66. The van der Waals surface area contributed by atoms with Crippen molar-refractivity contribution in [3.8, 4) is 5.75 Å². The second-order valence-corrected chi connectivity index (χ2v) is 8.18. The Morgan fingerprint density at radius 2 is 1.93 bits per heavy atom. The van der Waals surface area contributed by atoms with Crippen LogP contribution in [-0.4, -0.2) is 73.9 Å². The zero-order valence-electron chi connectivity index (χ0n) is 15.8. The standard InChI is InChI=1S/C20H18O10/c1-8-5-12(22)16(26)20(28-8)19-17(27)14-10(3-2-4-11(14)21)15(25)18(19,30-19)7-9(29-20)6-13(23)24/h2-4,8-9,16,21,26H,5-7H2,1H3,(H,23,24)/t8-,9-,16-,18?,19?,20+/m1/s1. The van der Waals surface area contributed by atoms with Gasteiger partial charge in [0, 0.05) is 18.4 Å². The summed E-state index contributed by atoms with van der Waals surface area (Å²) in [5.41, 5.74) is -4.45. The molecule has 10 nitrogen and oxygen atoms in total. The number of aliphatic carboxylic acids is 1. The number of Topliss-reactive ketones (excluding diaryl/α,β-unsaturated/α-hetero) is 3. The summed E-state index contributed by atoms with van der Waals surface area (Å²) in [5, 5.41) is 30.3. The van der Waals surface area contributed by atoms with E-state index in [0.717, 1.165) is 0 Å². The van der Waals surface area contributed by atoms with Crippen molar-refractivity contribution < 1.29 is 48.7 Å². The number of phenolic OH excluding ortho intramolecular Hbond substituents is 1. The first kappa shape index (κ1) is 19.3. The van der Waals surface area contributed by atoms with Gasteiger partial charge in [0.15, 0.2) is 23.3 Å². The molecular weight excluding hydrogens is 400 g/mol. The van der Waals surface area contributed by atoms with Gasteiger partial charge in [-0.2, -0.15) is 0 Å². The Morgan fingerprint density at radius 1 is 1.20 bits per heavy atom. The maximum atomic E-state index is 13.6. The monoisotopic (exact) mass is 418 g/mol. The number of benzene rings is 1. The van der Waals surface area contributed by atoms with Gasteiger partial charge >= 0.3 is 5.97 Å². The van der Waals surface area contributed by atoms with Crippen LogP contribution in [0.3, 0.4) is 0 Å². The number of aliphatic hydroxyl groups is 1. The van der Waals surface area contributed by atoms with Crippen LogP contribution in [0, 0.1) is 0 Å². The van der Waals surface area contributed by atoms with Crippen LogP contribution < -0.4 is 0 Å². The summed E-state index contributed by atoms with van der Waals surface area (Å²) in [6.07, 6.45) is -4.95. The van der Waals surface area contributed by atoms with Crippen LogP contribution in [0.4, 0.5) is 0 Å². The lowest BCUT2D eigenvalue weighted by molar-refractivity contribution is -0.344. The first-order valence-electron chi connectivity index (χ1n) is 9.49. The molecular formula is C20H18O10. The van der Waals surface area contributed by atoms with E-state index >= 15 is 0 Å². The molecule has 3 saturated heterocycles. The molecule has 0 saturated carbocycles. The summed E-state index contributed by atoms with van der Waals surface area (Å²) in [6.45, 7) is 1.52. The van der Waals surface area contributed by atoms with Crippen LogP contribution in [0.25, 0.3) is 0 Å². The average Bonchev–Trinajstić information content (AvgIpc) is 3.36. The number of aromatic hydroxyl groups is 1. The van der Waals surface area contributed by atoms with Crippen LogP contribution in [-0.2, 0) is 23.8 Å². The number of carboxylic acid groups (broad SMARTS) is 1. The molecule has 10 heteroatoms. The third-order valence-corrected chi connectivity index (χ3v) is 6.33. The number of phenols is 1. The molecule has 0 aromatic heterocycles. The molecule has 6 atom stereocenters. The molecule has 1 aliphatic carbocycles. The van der Waals surface area contributed by atoms with E-state index in [4.69, 9.17) is 14.2 Å². The molecule has 4 aliphatic rings. The predicted octanol–water partition coefficient (Wildman–Crippen LogP) is -0.0223. The summed E-state index contributed by atoms with van der Waals surface area (Å²) in [6, 6.07) is 3.98. The van der Waals surface area contributed by atoms with E-state index in [1.807, 2.05) is 0 Å². The smallest absolute Gasteiger partial charge is 0.305 e. The van der Waals surface area contributed by atoms with Gasteiger partial charge in [-0.25, -0.2) is 0 Å². The second-order valence-electron chi connectivity index (χ2n) is 8.18. The van der Waals surface area contributed by atoms with E-state index in [1.165, 1.54) is 25.1 Å². The Bertz CT molecular complexity index is 1030. The van der Waals surface area contributed by atoms with Crippen LogP contribution in [0.15, 0.2) is 18.2 Å². The number of carbonyl (C=O) groups excluding carboxylic acids is 3. The van der Waals surface area contributed by atoms with Crippen molar-refractivity contribution in [1.82, 2.24) is 0 Å². The number of carbonyl (C=O) groups is 4. The van der Waals surface area contributed by atoms with Crippen molar-refractivity contribution in [3.05, 3.63) is 29.3 Å². The molecule has 158 valence electrons. The van der Waals surface area contributed by atoms with Gasteiger partial charge in [0.25, 0.3) is 0 Å². The van der Waals surface area contributed by atoms with Gasteiger partial charge in [0.2, 0.25) is 17.2 Å². The van der Waals surface area contributed by atoms with Crippen LogP contribution >= 0.6 is 0 Å². The SMILES string of the molecule is C[C@@H]1CC(=O)[C@@H](O)[C@@]2(O[C@H](CC(=O)O)CC34OC32C(=O)c2c(O)cccc2C4=O)O1. The van der Waals surface area contributed by atoms with Gasteiger partial charge in [-0.05, 0) is 13.0 Å². The van der Waals surface area contributed by atoms with Gasteiger partial charge in [0.1, 0.15) is 5.75 Å². The molecule has 30 heavy (non-hydrogen) atoms. The fourth-order valence-electron chi connectivity index (χ4n) is 5.20. The number of aliphatic hydroxyl groups excluding tert-OH is 1. The molecule has 3 aliphatic heterocycles. The number of ketones is 3. The van der Waals surface area contributed by atoms with E-state index < -0.39 is 70.8 Å². The van der Waals surface area contributed by atoms with E-state index in [9.17, 15) is 34.5 Å². The maximum absolute atomic E-state index is 13.6. The minimum Gasteiger partial charge on any atom is -0.507 e. The van der Waals surface area contributed by atoms with E-state index in [1.54, 1.807) is 0 Å². The van der Waals surface area contributed by atoms with Crippen molar-refractivity contribution in [2.45, 2.75) is 61.5 Å². The van der Waals surface area contributed by atoms with Crippen LogP contribution in [0.2, 0.25) is 0 Å². The number of epoxide rings is 1. The fraction of sp³-hybridized carbons (Fsp3) is 0.500. The Balaban J connectivity index is 1.75. The molecule has 3 fully saturated rings. The minimum absolute atomic E-state index is 0.0797. The third-order valence-electron chi connectivity index (χ3n) is 6.33. The maximum Gasteiger partial charge on any atom is 0.305 e. The van der Waals surface area contributed by atoms with Crippen LogP contribution in [0.1, 0.15) is 46.9 Å². The topological polar surface area (TPSA) is 160 Å². The van der Waals surface area contributed by atoms with Crippen molar-refractivity contribution >= 4 is 23.3 Å². The third kappa shape index (κ3) is 2.01. The molecule has 3 N–H and O–H groups in total. The van der Waals surface area contributed by atoms with Gasteiger partial charge in [-0.3, -0.25) is 19.2 Å². The summed E-state index contributed by atoms with van der Waals surface area (Å²) in [4.78, 5) is 50.9. The summed E-state index contributed by atoms with van der Waals surface area (Å²) in [7, 11) is 0. The molecule has 2 unspecified atom stereocenters. The predicted molar refractivity (Wildman–Crippen MR) is 94.0 cm³/mol. The van der Waals surface area contributed by atoms with Crippen LogP contribution in [0.5, 0.6) is 5.75 Å². The molecule has 1 spiro atoms. The summed E-state index contributed by atoms with van der Waals surface area (Å²) >= 11 is 0. The quantitative estimate of drug-likeness (QED) is 0.557. The number of ether oxygens (including phenoxy) is 3. The number of fused-ring (bicyclic) bond motifs is 1. The normalized spacial score (nSPS) is 41.8. The highest BCUT2D eigenvalue weighted by Crippen LogP contribution is 2.69. The van der Waals surface area contributed by atoms with Crippen molar-refractivity contribution in [1.29, 1.82) is 0 Å². The Kier molecular flexibility index (Phi) is 3.69. The zero-order valence-corrected chi connectivity index (χ0v) is 15.8. The summed E-state index contributed by atoms with van der Waals surface area (Å²) < 4.78 is 17.4. The second kappa shape index (κ2) is 5.73.